The zero-order valence-electron chi connectivity index (χ0n) is 11.1. The molecule has 0 aliphatic rings. The highest BCUT2D eigenvalue weighted by molar-refractivity contribution is 5.61. The van der Waals surface area contributed by atoms with Crippen LogP contribution in [0.5, 0.6) is 17.2 Å². The molecule has 0 aromatic heterocycles. The number of ether oxygens (including phenoxy) is 3. The lowest BCUT2D eigenvalue weighted by Gasteiger charge is -2.13. The molecule has 0 spiro atoms. The van der Waals surface area contributed by atoms with Crippen LogP contribution in [-0.2, 0) is 6.61 Å². The van der Waals surface area contributed by atoms with Gasteiger partial charge in [-0.15, -0.1) is 0 Å². The summed E-state index contributed by atoms with van der Waals surface area (Å²) in [5, 5.41) is 0. The molecule has 2 aromatic rings. The Morgan fingerprint density at radius 1 is 0.895 bits per heavy atom. The zero-order chi connectivity index (χ0) is 13.7. The minimum absolute atomic E-state index is 0.459. The second-order valence-corrected chi connectivity index (χ2v) is 4.02. The molecule has 19 heavy (non-hydrogen) atoms. The maximum Gasteiger partial charge on any atom is 0.164 e. The third kappa shape index (κ3) is 3.10. The quantitative estimate of drug-likeness (QED) is 0.839. The van der Waals surface area contributed by atoms with Gasteiger partial charge in [0.25, 0.3) is 0 Å². The van der Waals surface area contributed by atoms with Crippen molar-refractivity contribution in [3.8, 4) is 17.2 Å². The van der Waals surface area contributed by atoms with Crippen molar-refractivity contribution >= 4 is 5.69 Å². The normalized spacial score (nSPS) is 10.0. The zero-order valence-corrected chi connectivity index (χ0v) is 11.1. The molecule has 0 bridgehead atoms. The Bertz CT molecular complexity index is 541. The molecular weight excluding hydrogens is 242 g/mol. The fourth-order valence-electron chi connectivity index (χ4n) is 1.74. The third-order valence-electron chi connectivity index (χ3n) is 2.75. The first-order valence-electron chi connectivity index (χ1n) is 5.93. The van der Waals surface area contributed by atoms with Gasteiger partial charge in [0.15, 0.2) is 11.5 Å². The maximum absolute atomic E-state index is 5.92. The number of methoxy groups -OCH3 is 2. The molecule has 0 aliphatic heterocycles. The molecular formula is C15H17NO3. The fraction of sp³-hybridized carbons (Fsp3) is 0.200. The lowest BCUT2D eigenvalue weighted by Crippen LogP contribution is -2.00. The van der Waals surface area contributed by atoms with E-state index in [1.165, 1.54) is 0 Å². The van der Waals surface area contributed by atoms with Crippen LogP contribution in [0.2, 0.25) is 0 Å². The Morgan fingerprint density at radius 3 is 2.16 bits per heavy atom. The van der Waals surface area contributed by atoms with Crippen LogP contribution in [0.4, 0.5) is 5.69 Å². The molecule has 0 atom stereocenters. The second kappa shape index (κ2) is 6.00. The molecule has 0 amide bonds. The van der Waals surface area contributed by atoms with Gasteiger partial charge in [-0.2, -0.15) is 0 Å². The molecule has 0 heterocycles. The van der Waals surface area contributed by atoms with Crippen molar-refractivity contribution in [1.29, 1.82) is 0 Å². The van der Waals surface area contributed by atoms with Crippen molar-refractivity contribution in [1.82, 2.24) is 0 Å². The van der Waals surface area contributed by atoms with E-state index in [1.807, 2.05) is 30.3 Å². The maximum atomic E-state index is 5.92. The minimum atomic E-state index is 0.459. The first-order valence-corrected chi connectivity index (χ1v) is 5.93. The fourth-order valence-corrected chi connectivity index (χ4v) is 1.74. The van der Waals surface area contributed by atoms with Gasteiger partial charge < -0.3 is 19.9 Å². The van der Waals surface area contributed by atoms with Gasteiger partial charge in [-0.05, 0) is 5.56 Å². The monoisotopic (exact) mass is 259 g/mol. The molecule has 0 aliphatic carbocycles. The molecule has 0 fully saturated rings. The number of rotatable bonds is 5. The molecule has 0 radical (unpaired) electrons. The summed E-state index contributed by atoms with van der Waals surface area (Å²) in [5.74, 6) is 1.77. The van der Waals surface area contributed by atoms with Crippen molar-refractivity contribution in [2.75, 3.05) is 20.0 Å². The average molecular weight is 259 g/mol. The Labute approximate surface area is 112 Å². The van der Waals surface area contributed by atoms with Gasteiger partial charge in [-0.25, -0.2) is 0 Å². The molecule has 4 heteroatoms. The van der Waals surface area contributed by atoms with Gasteiger partial charge in [0.2, 0.25) is 0 Å². The van der Waals surface area contributed by atoms with Crippen LogP contribution in [0.1, 0.15) is 5.56 Å². The Kier molecular flexibility index (Phi) is 4.13. The van der Waals surface area contributed by atoms with Crippen molar-refractivity contribution in [2.45, 2.75) is 6.61 Å². The topological polar surface area (TPSA) is 53.7 Å². The van der Waals surface area contributed by atoms with Gasteiger partial charge in [-0.1, -0.05) is 30.3 Å². The lowest BCUT2D eigenvalue weighted by molar-refractivity contribution is 0.302. The van der Waals surface area contributed by atoms with Crippen LogP contribution < -0.4 is 19.9 Å². The number of hydrogen-bond donors (Lipinski definition) is 1. The SMILES string of the molecule is COc1cc(N)c(OCc2ccccc2)cc1OC. The molecule has 2 N–H and O–H groups in total. The third-order valence-corrected chi connectivity index (χ3v) is 2.75. The summed E-state index contributed by atoms with van der Waals surface area (Å²) in [6, 6.07) is 13.3. The standard InChI is InChI=1S/C15H17NO3/c1-17-14-8-12(16)13(9-15(14)18-2)19-10-11-6-4-3-5-7-11/h3-9H,10,16H2,1-2H3. The molecule has 0 saturated heterocycles. The number of anilines is 1. The van der Waals surface area contributed by atoms with Gasteiger partial charge in [-0.3, -0.25) is 0 Å². The van der Waals surface area contributed by atoms with Gasteiger partial charge in [0.05, 0.1) is 19.9 Å². The first kappa shape index (κ1) is 13.1. The van der Waals surface area contributed by atoms with Gasteiger partial charge in [0, 0.05) is 12.1 Å². The van der Waals surface area contributed by atoms with Crippen LogP contribution in [-0.4, -0.2) is 14.2 Å². The summed E-state index contributed by atoms with van der Waals surface area (Å²) in [5.41, 5.74) is 7.53. The van der Waals surface area contributed by atoms with E-state index in [9.17, 15) is 0 Å². The van der Waals surface area contributed by atoms with Crippen molar-refractivity contribution in [2.24, 2.45) is 0 Å². The Hall–Kier alpha value is -2.36. The first-order chi connectivity index (χ1) is 9.24. The van der Waals surface area contributed by atoms with E-state index in [0.29, 0.717) is 29.5 Å². The molecule has 2 aromatic carbocycles. The average Bonchev–Trinajstić information content (AvgIpc) is 2.46. The van der Waals surface area contributed by atoms with Gasteiger partial charge in [0.1, 0.15) is 12.4 Å². The predicted molar refractivity (Wildman–Crippen MR) is 74.7 cm³/mol. The van der Waals surface area contributed by atoms with Crippen LogP contribution >= 0.6 is 0 Å². The van der Waals surface area contributed by atoms with E-state index >= 15 is 0 Å². The number of hydrogen-bond acceptors (Lipinski definition) is 4. The largest absolute Gasteiger partial charge is 0.493 e. The highest BCUT2D eigenvalue weighted by Gasteiger charge is 2.10. The van der Waals surface area contributed by atoms with E-state index in [0.717, 1.165) is 5.56 Å². The van der Waals surface area contributed by atoms with Crippen LogP contribution in [0.15, 0.2) is 42.5 Å². The number of nitrogen functional groups attached to an aromatic ring is 1. The van der Waals surface area contributed by atoms with Gasteiger partial charge >= 0.3 is 0 Å². The minimum Gasteiger partial charge on any atom is -0.493 e. The van der Waals surface area contributed by atoms with E-state index in [2.05, 4.69) is 0 Å². The van der Waals surface area contributed by atoms with Crippen LogP contribution in [0.3, 0.4) is 0 Å². The molecule has 100 valence electrons. The summed E-state index contributed by atoms with van der Waals surface area (Å²) in [4.78, 5) is 0. The Balaban J connectivity index is 2.16. The summed E-state index contributed by atoms with van der Waals surface area (Å²) in [6.07, 6.45) is 0. The van der Waals surface area contributed by atoms with Crippen molar-refractivity contribution in [3.05, 3.63) is 48.0 Å². The van der Waals surface area contributed by atoms with Crippen molar-refractivity contribution in [3.63, 3.8) is 0 Å². The highest BCUT2D eigenvalue weighted by atomic mass is 16.5. The van der Waals surface area contributed by atoms with E-state index in [4.69, 9.17) is 19.9 Å². The number of nitrogens with two attached hydrogens (primary N) is 1. The number of benzene rings is 2. The summed E-state index contributed by atoms with van der Waals surface area (Å²) < 4.78 is 16.1. The highest BCUT2D eigenvalue weighted by Crippen LogP contribution is 2.36. The lowest BCUT2D eigenvalue weighted by atomic mass is 10.2. The van der Waals surface area contributed by atoms with E-state index in [-0.39, 0.29) is 0 Å². The van der Waals surface area contributed by atoms with E-state index < -0.39 is 0 Å². The summed E-state index contributed by atoms with van der Waals surface area (Å²) in [7, 11) is 3.15. The molecule has 0 saturated carbocycles. The molecule has 2 rings (SSSR count). The van der Waals surface area contributed by atoms with Crippen molar-refractivity contribution < 1.29 is 14.2 Å². The van der Waals surface area contributed by atoms with Crippen LogP contribution in [0, 0.1) is 0 Å². The van der Waals surface area contributed by atoms with Crippen LogP contribution in [0.25, 0.3) is 0 Å². The summed E-state index contributed by atoms with van der Waals surface area (Å²) >= 11 is 0. The molecule has 4 nitrogen and oxygen atoms in total. The smallest absolute Gasteiger partial charge is 0.164 e. The predicted octanol–water partition coefficient (Wildman–Crippen LogP) is 2.87. The molecule has 0 unspecified atom stereocenters. The summed E-state index contributed by atoms with van der Waals surface area (Å²) in [6.45, 7) is 0.459. The second-order valence-electron chi connectivity index (χ2n) is 4.02. The van der Waals surface area contributed by atoms with E-state index in [1.54, 1.807) is 26.4 Å². The Morgan fingerprint density at radius 2 is 1.53 bits per heavy atom.